The van der Waals surface area contributed by atoms with Gasteiger partial charge >= 0.3 is 0 Å². The molecule has 10 heavy (non-hydrogen) atoms. The van der Waals surface area contributed by atoms with Crippen molar-refractivity contribution in [3.8, 4) is 0 Å². The highest BCUT2D eigenvalue weighted by Gasteiger charge is 2.28. The number of dihydropyridines is 1. The van der Waals surface area contributed by atoms with E-state index in [1.54, 1.807) is 6.20 Å². The van der Waals surface area contributed by atoms with E-state index in [1.807, 2.05) is 12.2 Å². The zero-order chi connectivity index (χ0) is 6.97. The van der Waals surface area contributed by atoms with E-state index in [2.05, 4.69) is 16.2 Å². The van der Waals surface area contributed by atoms with E-state index in [-0.39, 0.29) is 11.9 Å². The van der Waals surface area contributed by atoms with Crippen molar-refractivity contribution in [1.82, 2.24) is 16.2 Å². The standard InChI is InChI=1S/C6H7N3O/c10-6-5-4(8-9-6)2-1-3-7-5/h1-3,5,7-8H,(H,9,10). The van der Waals surface area contributed by atoms with Crippen LogP contribution in [0.2, 0.25) is 0 Å². The summed E-state index contributed by atoms with van der Waals surface area (Å²) in [5.41, 5.74) is 6.14. The van der Waals surface area contributed by atoms with Crippen molar-refractivity contribution in [2.75, 3.05) is 0 Å². The summed E-state index contributed by atoms with van der Waals surface area (Å²) in [6.07, 6.45) is 5.46. The van der Waals surface area contributed by atoms with Gasteiger partial charge in [-0.2, -0.15) is 0 Å². The van der Waals surface area contributed by atoms with Gasteiger partial charge in [0, 0.05) is 0 Å². The Kier molecular flexibility index (Phi) is 0.943. The van der Waals surface area contributed by atoms with Gasteiger partial charge in [0.2, 0.25) is 0 Å². The van der Waals surface area contributed by atoms with Crippen LogP contribution in [0.1, 0.15) is 0 Å². The van der Waals surface area contributed by atoms with Crippen LogP contribution < -0.4 is 16.2 Å². The molecule has 1 fully saturated rings. The lowest BCUT2D eigenvalue weighted by atomic mass is 10.2. The second-order valence-corrected chi connectivity index (χ2v) is 2.20. The van der Waals surface area contributed by atoms with Gasteiger partial charge in [0.05, 0.1) is 5.70 Å². The van der Waals surface area contributed by atoms with Crippen LogP contribution in [0.4, 0.5) is 0 Å². The third kappa shape index (κ3) is 0.586. The van der Waals surface area contributed by atoms with Gasteiger partial charge in [-0.15, -0.1) is 0 Å². The highest BCUT2D eigenvalue weighted by atomic mass is 16.2. The maximum absolute atomic E-state index is 10.9. The number of hydrogen-bond acceptors (Lipinski definition) is 3. The number of nitrogens with one attached hydrogen (secondary N) is 3. The Morgan fingerprint density at radius 2 is 2.30 bits per heavy atom. The lowest BCUT2D eigenvalue weighted by Crippen LogP contribution is -2.34. The molecule has 0 aromatic carbocycles. The maximum Gasteiger partial charge on any atom is 0.267 e. The molecule has 1 unspecified atom stereocenters. The largest absolute Gasteiger partial charge is 0.375 e. The Bertz CT molecular complexity index is 231. The number of amides is 1. The number of carbonyl (C=O) groups excluding carboxylic acids is 1. The van der Waals surface area contributed by atoms with Crippen molar-refractivity contribution in [2.45, 2.75) is 6.04 Å². The molecular formula is C6H7N3O. The minimum absolute atomic E-state index is 0.0319. The Morgan fingerprint density at radius 3 is 3.10 bits per heavy atom. The van der Waals surface area contributed by atoms with Gasteiger partial charge in [-0.3, -0.25) is 15.6 Å². The smallest absolute Gasteiger partial charge is 0.267 e. The van der Waals surface area contributed by atoms with Gasteiger partial charge in [-0.05, 0) is 18.4 Å². The first-order valence-corrected chi connectivity index (χ1v) is 3.06. The minimum Gasteiger partial charge on any atom is -0.375 e. The number of fused-ring (bicyclic) bond motifs is 1. The van der Waals surface area contributed by atoms with Crippen molar-refractivity contribution in [2.24, 2.45) is 0 Å². The number of allylic oxidation sites excluding steroid dienone is 2. The number of hydrazine groups is 1. The normalized spacial score (nSPS) is 27.8. The predicted octanol–water partition coefficient (Wildman–Crippen LogP) is -1.01. The summed E-state index contributed by atoms with van der Waals surface area (Å²) in [6.45, 7) is 0. The van der Waals surface area contributed by atoms with Crippen molar-refractivity contribution < 1.29 is 4.79 Å². The quantitative estimate of drug-likeness (QED) is 0.401. The van der Waals surface area contributed by atoms with Gasteiger partial charge in [0.15, 0.2) is 0 Å². The van der Waals surface area contributed by atoms with Crippen LogP contribution in [-0.2, 0) is 4.79 Å². The third-order valence-corrected chi connectivity index (χ3v) is 1.54. The predicted molar refractivity (Wildman–Crippen MR) is 35.4 cm³/mol. The fourth-order valence-electron chi connectivity index (χ4n) is 1.03. The Labute approximate surface area is 58.0 Å². The zero-order valence-corrected chi connectivity index (χ0v) is 5.22. The second kappa shape index (κ2) is 1.76. The third-order valence-electron chi connectivity index (χ3n) is 1.54. The first kappa shape index (κ1) is 5.34. The van der Waals surface area contributed by atoms with Gasteiger partial charge in [-0.1, -0.05) is 0 Å². The SMILES string of the molecule is O=C1NNC2=CC=CNC12. The molecule has 2 heterocycles. The van der Waals surface area contributed by atoms with Crippen molar-refractivity contribution in [1.29, 1.82) is 0 Å². The van der Waals surface area contributed by atoms with Gasteiger partial charge in [-0.25, -0.2) is 0 Å². The van der Waals surface area contributed by atoms with E-state index in [4.69, 9.17) is 0 Å². The van der Waals surface area contributed by atoms with Crippen LogP contribution in [-0.4, -0.2) is 11.9 Å². The van der Waals surface area contributed by atoms with Crippen molar-refractivity contribution in [3.63, 3.8) is 0 Å². The fourth-order valence-corrected chi connectivity index (χ4v) is 1.03. The molecule has 1 saturated heterocycles. The van der Waals surface area contributed by atoms with Crippen LogP contribution >= 0.6 is 0 Å². The topological polar surface area (TPSA) is 53.2 Å². The van der Waals surface area contributed by atoms with E-state index < -0.39 is 0 Å². The Hall–Kier alpha value is -1.45. The lowest BCUT2D eigenvalue weighted by molar-refractivity contribution is -0.120. The fraction of sp³-hybridized carbons (Fsp3) is 0.167. The van der Waals surface area contributed by atoms with E-state index >= 15 is 0 Å². The Morgan fingerprint density at radius 1 is 1.40 bits per heavy atom. The number of rotatable bonds is 0. The molecular weight excluding hydrogens is 130 g/mol. The van der Waals surface area contributed by atoms with Gasteiger partial charge in [0.25, 0.3) is 5.91 Å². The summed E-state index contributed by atoms with van der Waals surface area (Å²) in [4.78, 5) is 10.9. The molecule has 2 rings (SSSR count). The van der Waals surface area contributed by atoms with Crippen LogP contribution in [0.5, 0.6) is 0 Å². The van der Waals surface area contributed by atoms with E-state index in [9.17, 15) is 4.79 Å². The summed E-state index contributed by atoms with van der Waals surface area (Å²) < 4.78 is 0. The highest BCUT2D eigenvalue weighted by molar-refractivity contribution is 5.87. The summed E-state index contributed by atoms with van der Waals surface area (Å²) in [5.74, 6) is -0.0319. The zero-order valence-electron chi connectivity index (χ0n) is 5.22. The monoisotopic (exact) mass is 137 g/mol. The molecule has 1 amide bonds. The van der Waals surface area contributed by atoms with Crippen LogP contribution in [0.3, 0.4) is 0 Å². The van der Waals surface area contributed by atoms with E-state index in [1.165, 1.54) is 0 Å². The number of carbonyl (C=O) groups is 1. The van der Waals surface area contributed by atoms with E-state index in [0.29, 0.717) is 0 Å². The molecule has 0 radical (unpaired) electrons. The minimum atomic E-state index is -0.204. The van der Waals surface area contributed by atoms with Crippen molar-refractivity contribution in [3.05, 3.63) is 24.0 Å². The first-order chi connectivity index (χ1) is 4.88. The average Bonchev–Trinajstić information content (AvgIpc) is 2.34. The van der Waals surface area contributed by atoms with Gasteiger partial charge in [0.1, 0.15) is 6.04 Å². The summed E-state index contributed by atoms with van der Waals surface area (Å²) >= 11 is 0. The van der Waals surface area contributed by atoms with Crippen LogP contribution in [0.15, 0.2) is 24.0 Å². The molecule has 2 aliphatic rings. The molecule has 52 valence electrons. The van der Waals surface area contributed by atoms with Crippen LogP contribution in [0.25, 0.3) is 0 Å². The molecule has 4 nitrogen and oxygen atoms in total. The summed E-state index contributed by atoms with van der Waals surface area (Å²) in [5, 5.41) is 2.91. The first-order valence-electron chi connectivity index (χ1n) is 3.06. The molecule has 0 bridgehead atoms. The molecule has 3 N–H and O–H groups in total. The summed E-state index contributed by atoms with van der Waals surface area (Å²) in [7, 11) is 0. The lowest BCUT2D eigenvalue weighted by Gasteiger charge is -2.10. The number of hydrogen-bond donors (Lipinski definition) is 3. The second-order valence-electron chi connectivity index (χ2n) is 2.20. The molecule has 1 atom stereocenters. The molecule has 4 heteroatoms. The maximum atomic E-state index is 10.9. The molecule has 0 saturated carbocycles. The highest BCUT2D eigenvalue weighted by Crippen LogP contribution is 2.07. The van der Waals surface area contributed by atoms with Crippen molar-refractivity contribution >= 4 is 5.91 Å². The molecule has 0 aliphatic carbocycles. The molecule has 0 aromatic rings. The average molecular weight is 137 g/mol. The van der Waals surface area contributed by atoms with Crippen LogP contribution in [0, 0.1) is 0 Å². The van der Waals surface area contributed by atoms with E-state index in [0.717, 1.165) is 5.70 Å². The molecule has 0 aromatic heterocycles. The molecule has 2 aliphatic heterocycles. The summed E-state index contributed by atoms with van der Waals surface area (Å²) in [6, 6.07) is -0.204. The molecule has 0 spiro atoms. The van der Waals surface area contributed by atoms with Gasteiger partial charge < -0.3 is 5.32 Å². The Balaban J connectivity index is 2.31.